The van der Waals surface area contributed by atoms with E-state index in [4.69, 9.17) is 21.1 Å². The molecule has 1 fully saturated rings. The predicted molar refractivity (Wildman–Crippen MR) is 137 cm³/mol. The monoisotopic (exact) mass is 550 g/mol. The first-order valence-electron chi connectivity index (χ1n) is 11.7. The van der Waals surface area contributed by atoms with Crippen molar-refractivity contribution < 1.29 is 19.1 Å². The highest BCUT2D eigenvalue weighted by Gasteiger charge is 2.30. The Morgan fingerprint density at radius 1 is 1.15 bits per heavy atom. The van der Waals surface area contributed by atoms with Crippen LogP contribution in [0.1, 0.15) is 51.0 Å². The molecule has 0 heterocycles. The maximum atomic E-state index is 13.4. The zero-order chi connectivity index (χ0) is 24.5. The van der Waals surface area contributed by atoms with Crippen LogP contribution in [-0.4, -0.2) is 42.5 Å². The summed E-state index contributed by atoms with van der Waals surface area (Å²) in [6, 6.07) is 12.3. The van der Waals surface area contributed by atoms with Crippen LogP contribution in [-0.2, 0) is 16.1 Å². The van der Waals surface area contributed by atoms with E-state index in [-0.39, 0.29) is 31.0 Å². The van der Waals surface area contributed by atoms with Gasteiger partial charge in [-0.15, -0.1) is 0 Å². The van der Waals surface area contributed by atoms with Crippen molar-refractivity contribution in [3.63, 3.8) is 0 Å². The van der Waals surface area contributed by atoms with Crippen LogP contribution in [0, 0.1) is 0 Å². The second-order valence-electron chi connectivity index (χ2n) is 8.50. The largest absolute Gasteiger partial charge is 0.497 e. The average Bonchev–Trinajstić information content (AvgIpc) is 2.84. The number of halogens is 2. The van der Waals surface area contributed by atoms with Gasteiger partial charge in [0.25, 0.3) is 5.91 Å². The van der Waals surface area contributed by atoms with E-state index >= 15 is 0 Å². The van der Waals surface area contributed by atoms with Crippen LogP contribution >= 0.6 is 27.5 Å². The van der Waals surface area contributed by atoms with Crippen molar-refractivity contribution in [1.82, 2.24) is 10.2 Å². The molecule has 6 nitrogen and oxygen atoms in total. The lowest BCUT2D eigenvalue weighted by molar-refractivity contribution is -0.143. The molecule has 0 spiro atoms. The van der Waals surface area contributed by atoms with Gasteiger partial charge in [-0.25, -0.2) is 0 Å². The Kier molecular flexibility index (Phi) is 10.1. The van der Waals surface area contributed by atoms with E-state index in [0.717, 1.165) is 41.5 Å². The number of rotatable bonds is 10. The Bertz CT molecular complexity index is 964. The molecule has 0 aromatic heterocycles. The third-order valence-electron chi connectivity index (χ3n) is 6.09. The molecule has 3 rings (SSSR count). The highest BCUT2D eigenvalue weighted by molar-refractivity contribution is 9.10. The summed E-state index contributed by atoms with van der Waals surface area (Å²) in [5.74, 6) is 0.762. The smallest absolute Gasteiger partial charge is 0.261 e. The number of benzene rings is 2. The van der Waals surface area contributed by atoms with Gasteiger partial charge >= 0.3 is 0 Å². The van der Waals surface area contributed by atoms with Gasteiger partial charge in [-0.1, -0.05) is 65.8 Å². The number of carbonyl (C=O) groups is 2. The Labute approximate surface area is 215 Å². The fourth-order valence-corrected chi connectivity index (χ4v) is 4.93. The standard InChI is InChI=1S/C26H32BrClN2O4/c1-3-23(26(32)29-20-7-5-4-6-8-20)30(16-18-9-12-21(33-2)13-10-18)25(31)17-34-24-14-11-19(27)15-22(24)28/h9-15,20,23H,3-8,16-17H2,1-2H3,(H,29,32)/t23-/m1/s1. The molecule has 34 heavy (non-hydrogen) atoms. The van der Waals surface area contributed by atoms with Crippen molar-refractivity contribution in [2.75, 3.05) is 13.7 Å². The van der Waals surface area contributed by atoms with Gasteiger partial charge in [0, 0.05) is 17.1 Å². The van der Waals surface area contributed by atoms with Crippen molar-refractivity contribution in [3.8, 4) is 11.5 Å². The van der Waals surface area contributed by atoms with E-state index in [1.54, 1.807) is 30.2 Å². The quantitative estimate of drug-likeness (QED) is 0.408. The Morgan fingerprint density at radius 2 is 1.85 bits per heavy atom. The molecule has 1 saturated carbocycles. The van der Waals surface area contributed by atoms with Crippen LogP contribution in [0.15, 0.2) is 46.9 Å². The topological polar surface area (TPSA) is 67.9 Å². The lowest BCUT2D eigenvalue weighted by Crippen LogP contribution is -2.52. The molecule has 1 aliphatic rings. The lowest BCUT2D eigenvalue weighted by Gasteiger charge is -2.32. The molecular formula is C26H32BrClN2O4. The first-order chi connectivity index (χ1) is 16.4. The normalized spacial score (nSPS) is 14.8. The zero-order valence-electron chi connectivity index (χ0n) is 19.7. The molecule has 0 saturated heterocycles. The molecule has 0 radical (unpaired) electrons. The van der Waals surface area contributed by atoms with E-state index in [1.807, 2.05) is 31.2 Å². The van der Waals surface area contributed by atoms with Crippen LogP contribution in [0.4, 0.5) is 0 Å². The van der Waals surface area contributed by atoms with Crippen molar-refractivity contribution in [3.05, 3.63) is 57.5 Å². The summed E-state index contributed by atoms with van der Waals surface area (Å²) in [5.41, 5.74) is 0.903. The summed E-state index contributed by atoms with van der Waals surface area (Å²) in [7, 11) is 1.61. The number of amides is 2. The molecule has 0 unspecified atom stereocenters. The minimum atomic E-state index is -0.597. The third-order valence-corrected chi connectivity index (χ3v) is 6.88. The highest BCUT2D eigenvalue weighted by atomic mass is 79.9. The first kappa shape index (κ1) is 26.4. The van der Waals surface area contributed by atoms with Crippen molar-refractivity contribution in [1.29, 1.82) is 0 Å². The Balaban J connectivity index is 1.77. The molecule has 8 heteroatoms. The van der Waals surface area contributed by atoms with E-state index in [1.165, 1.54) is 6.42 Å². The second-order valence-corrected chi connectivity index (χ2v) is 9.82. The van der Waals surface area contributed by atoms with Crippen LogP contribution < -0.4 is 14.8 Å². The van der Waals surface area contributed by atoms with Crippen molar-refractivity contribution >= 4 is 39.3 Å². The maximum absolute atomic E-state index is 13.4. The van der Waals surface area contributed by atoms with Gasteiger partial charge in [-0.3, -0.25) is 9.59 Å². The fraction of sp³-hybridized carbons (Fsp3) is 0.462. The SMILES string of the molecule is CC[C@H](C(=O)NC1CCCCC1)N(Cc1ccc(OC)cc1)C(=O)COc1ccc(Br)cc1Cl. The van der Waals surface area contributed by atoms with Gasteiger partial charge in [-0.05, 0) is 55.2 Å². The summed E-state index contributed by atoms with van der Waals surface area (Å²) in [5, 5.41) is 3.59. The maximum Gasteiger partial charge on any atom is 0.261 e. The molecular weight excluding hydrogens is 520 g/mol. The van der Waals surface area contributed by atoms with Crippen LogP contribution in [0.5, 0.6) is 11.5 Å². The number of nitrogens with zero attached hydrogens (tertiary/aromatic N) is 1. The van der Waals surface area contributed by atoms with Crippen molar-refractivity contribution in [2.24, 2.45) is 0 Å². The molecule has 0 bridgehead atoms. The van der Waals surface area contributed by atoms with Gasteiger partial charge < -0.3 is 19.7 Å². The number of nitrogens with one attached hydrogen (secondary N) is 1. The molecule has 1 atom stereocenters. The second kappa shape index (κ2) is 13.0. The number of carbonyl (C=O) groups excluding carboxylic acids is 2. The first-order valence-corrected chi connectivity index (χ1v) is 12.9. The molecule has 2 amide bonds. The molecule has 184 valence electrons. The van der Waals surface area contributed by atoms with E-state index < -0.39 is 6.04 Å². The lowest BCUT2D eigenvalue weighted by atomic mass is 9.95. The summed E-state index contributed by atoms with van der Waals surface area (Å²) >= 11 is 9.61. The van der Waals surface area contributed by atoms with Crippen molar-refractivity contribution in [2.45, 2.75) is 64.1 Å². The minimum Gasteiger partial charge on any atom is -0.497 e. The predicted octanol–water partition coefficient (Wildman–Crippen LogP) is 5.75. The average molecular weight is 552 g/mol. The molecule has 2 aromatic carbocycles. The van der Waals surface area contributed by atoms with Gasteiger partial charge in [0.05, 0.1) is 12.1 Å². The summed E-state index contributed by atoms with van der Waals surface area (Å²) in [6.07, 6.45) is 5.93. The van der Waals surface area contributed by atoms with Crippen LogP contribution in [0.2, 0.25) is 5.02 Å². The van der Waals surface area contributed by atoms with Crippen LogP contribution in [0.3, 0.4) is 0 Å². The van der Waals surface area contributed by atoms with Crippen LogP contribution in [0.25, 0.3) is 0 Å². The number of hydrogen-bond donors (Lipinski definition) is 1. The van der Waals surface area contributed by atoms with Gasteiger partial charge in [-0.2, -0.15) is 0 Å². The highest BCUT2D eigenvalue weighted by Crippen LogP contribution is 2.28. The summed E-state index contributed by atoms with van der Waals surface area (Å²) < 4.78 is 11.8. The Morgan fingerprint density at radius 3 is 2.47 bits per heavy atom. The fourth-order valence-electron chi connectivity index (χ4n) is 4.21. The molecule has 0 aliphatic heterocycles. The van der Waals surface area contributed by atoms with Gasteiger partial charge in [0.2, 0.25) is 5.91 Å². The number of ether oxygens (including phenoxy) is 2. The molecule has 2 aromatic rings. The molecule has 1 N–H and O–H groups in total. The third kappa shape index (κ3) is 7.37. The summed E-state index contributed by atoms with van der Waals surface area (Å²) in [4.78, 5) is 28.2. The van der Waals surface area contributed by atoms with Gasteiger partial charge in [0.1, 0.15) is 17.5 Å². The van der Waals surface area contributed by atoms with E-state index in [0.29, 0.717) is 17.2 Å². The van der Waals surface area contributed by atoms with E-state index in [9.17, 15) is 9.59 Å². The molecule has 1 aliphatic carbocycles. The Hall–Kier alpha value is -2.25. The number of methoxy groups -OCH3 is 1. The van der Waals surface area contributed by atoms with Gasteiger partial charge in [0.15, 0.2) is 6.61 Å². The zero-order valence-corrected chi connectivity index (χ0v) is 22.0. The number of hydrogen-bond acceptors (Lipinski definition) is 4. The minimum absolute atomic E-state index is 0.113. The summed E-state index contributed by atoms with van der Waals surface area (Å²) in [6.45, 7) is 1.99. The van der Waals surface area contributed by atoms with E-state index in [2.05, 4.69) is 21.2 Å².